The van der Waals surface area contributed by atoms with Gasteiger partial charge in [-0.3, -0.25) is 9.69 Å². The van der Waals surface area contributed by atoms with Gasteiger partial charge < -0.3 is 4.74 Å². The summed E-state index contributed by atoms with van der Waals surface area (Å²) >= 11 is 0. The molecule has 3 nitrogen and oxygen atoms in total. The van der Waals surface area contributed by atoms with E-state index in [1.165, 1.54) is 18.4 Å². The number of carbonyl (C=O) groups is 1. The zero-order valence-electron chi connectivity index (χ0n) is 12.4. The molecule has 0 aromatic heterocycles. The second kappa shape index (κ2) is 5.57. The van der Waals surface area contributed by atoms with Crippen molar-refractivity contribution in [2.45, 2.75) is 39.2 Å². The van der Waals surface area contributed by atoms with Crippen molar-refractivity contribution in [3.8, 4) is 5.75 Å². The number of hydrogen-bond donors (Lipinski definition) is 0. The number of Topliss-reactive ketones (excluding diaryl/α,β-unsaturated/α-hetero) is 1. The Morgan fingerprint density at radius 1 is 1.40 bits per heavy atom. The summed E-state index contributed by atoms with van der Waals surface area (Å²) in [6.45, 7) is 6.75. The van der Waals surface area contributed by atoms with Crippen LogP contribution in [-0.4, -0.2) is 36.4 Å². The number of ketones is 1. The maximum Gasteiger partial charge on any atom is 0.176 e. The van der Waals surface area contributed by atoms with Crippen LogP contribution in [0.2, 0.25) is 0 Å². The molecule has 1 aromatic rings. The van der Waals surface area contributed by atoms with Crippen LogP contribution >= 0.6 is 0 Å². The first-order chi connectivity index (χ1) is 9.63. The number of rotatable bonds is 6. The molecule has 0 atom stereocenters. The van der Waals surface area contributed by atoms with E-state index >= 15 is 0 Å². The van der Waals surface area contributed by atoms with Crippen LogP contribution in [0, 0.1) is 5.92 Å². The first-order valence-corrected chi connectivity index (χ1v) is 7.66. The second-order valence-corrected chi connectivity index (χ2v) is 6.40. The molecule has 1 fully saturated rings. The van der Waals surface area contributed by atoms with Crippen molar-refractivity contribution in [1.29, 1.82) is 0 Å². The van der Waals surface area contributed by atoms with Gasteiger partial charge in [0, 0.05) is 24.6 Å². The summed E-state index contributed by atoms with van der Waals surface area (Å²) < 4.78 is 5.49. The molecule has 3 rings (SSSR count). The third kappa shape index (κ3) is 3.04. The zero-order chi connectivity index (χ0) is 14.1. The molecule has 0 spiro atoms. The fourth-order valence-corrected chi connectivity index (χ4v) is 2.89. The minimum Gasteiger partial charge on any atom is -0.493 e. The molecular formula is C17H23NO2. The largest absolute Gasteiger partial charge is 0.493 e. The Kier molecular flexibility index (Phi) is 3.79. The Bertz CT molecular complexity index is 506. The van der Waals surface area contributed by atoms with E-state index in [0.717, 1.165) is 30.9 Å². The quantitative estimate of drug-likeness (QED) is 0.746. The summed E-state index contributed by atoms with van der Waals surface area (Å²) in [6, 6.07) is 6.51. The van der Waals surface area contributed by atoms with Crippen LogP contribution in [0.25, 0.3) is 0 Å². The molecule has 1 saturated carbocycles. The maximum atomic E-state index is 12.5. The molecule has 0 amide bonds. The van der Waals surface area contributed by atoms with Crippen LogP contribution in [-0.2, 0) is 6.42 Å². The van der Waals surface area contributed by atoms with Gasteiger partial charge in [0.05, 0.1) is 13.2 Å². The first kappa shape index (κ1) is 13.6. The summed E-state index contributed by atoms with van der Waals surface area (Å²) in [5, 5.41) is 0. The predicted octanol–water partition coefficient (Wildman–Crippen LogP) is 2.92. The van der Waals surface area contributed by atoms with E-state index in [1.807, 2.05) is 18.2 Å². The number of hydrogen-bond acceptors (Lipinski definition) is 3. The molecule has 0 N–H and O–H groups in total. The van der Waals surface area contributed by atoms with Gasteiger partial charge in [0.25, 0.3) is 0 Å². The average molecular weight is 273 g/mol. The Balaban J connectivity index is 1.68. The van der Waals surface area contributed by atoms with Gasteiger partial charge in [-0.2, -0.15) is 0 Å². The molecule has 0 unspecified atom stereocenters. The fourth-order valence-electron chi connectivity index (χ4n) is 2.89. The third-order valence-electron chi connectivity index (χ3n) is 4.02. The average Bonchev–Trinajstić information content (AvgIpc) is 3.15. The molecule has 1 heterocycles. The van der Waals surface area contributed by atoms with Gasteiger partial charge in [-0.1, -0.05) is 13.8 Å². The fraction of sp³-hybridized carbons (Fsp3) is 0.588. The van der Waals surface area contributed by atoms with Gasteiger partial charge in [0.1, 0.15) is 5.75 Å². The highest BCUT2D eigenvalue weighted by molar-refractivity contribution is 5.98. The lowest BCUT2D eigenvalue weighted by molar-refractivity contribution is 0.0915. The van der Waals surface area contributed by atoms with Crippen molar-refractivity contribution in [2.75, 3.05) is 19.7 Å². The van der Waals surface area contributed by atoms with Gasteiger partial charge in [0.15, 0.2) is 5.78 Å². The Morgan fingerprint density at radius 2 is 2.20 bits per heavy atom. The summed E-state index contributed by atoms with van der Waals surface area (Å²) in [7, 11) is 0. The monoisotopic (exact) mass is 273 g/mol. The highest BCUT2D eigenvalue weighted by Crippen LogP contribution is 2.29. The van der Waals surface area contributed by atoms with Crippen LogP contribution in [0.3, 0.4) is 0 Å². The lowest BCUT2D eigenvalue weighted by Gasteiger charge is -2.23. The van der Waals surface area contributed by atoms with Crippen molar-refractivity contribution < 1.29 is 9.53 Å². The molecule has 108 valence electrons. The summed E-state index contributed by atoms with van der Waals surface area (Å²) in [4.78, 5) is 14.8. The Hall–Kier alpha value is -1.35. The Morgan fingerprint density at radius 3 is 2.90 bits per heavy atom. The molecule has 0 bridgehead atoms. The third-order valence-corrected chi connectivity index (χ3v) is 4.02. The van der Waals surface area contributed by atoms with Gasteiger partial charge in [-0.15, -0.1) is 0 Å². The second-order valence-electron chi connectivity index (χ2n) is 6.40. The normalized spacial score (nSPS) is 17.4. The molecule has 1 aromatic carbocycles. The highest BCUT2D eigenvalue weighted by Gasteiger charge is 2.30. The van der Waals surface area contributed by atoms with Gasteiger partial charge >= 0.3 is 0 Å². The van der Waals surface area contributed by atoms with Crippen LogP contribution in [0.15, 0.2) is 18.2 Å². The standard InChI is InChI=1S/C17H23NO2/c1-12(2)10-18(15-4-5-15)11-16(19)13-3-6-17-14(9-13)7-8-20-17/h3,6,9,12,15H,4-5,7-8,10-11H2,1-2H3. The topological polar surface area (TPSA) is 29.5 Å². The summed E-state index contributed by atoms with van der Waals surface area (Å²) in [5.74, 6) is 1.80. The van der Waals surface area contributed by atoms with Gasteiger partial charge in [0.2, 0.25) is 0 Å². The lowest BCUT2D eigenvalue weighted by Crippen LogP contribution is -2.35. The van der Waals surface area contributed by atoms with E-state index in [1.54, 1.807) is 0 Å². The predicted molar refractivity (Wildman–Crippen MR) is 79.4 cm³/mol. The van der Waals surface area contributed by atoms with Crippen molar-refractivity contribution >= 4 is 5.78 Å². The number of fused-ring (bicyclic) bond motifs is 1. The maximum absolute atomic E-state index is 12.5. The SMILES string of the molecule is CC(C)CN(CC(=O)c1ccc2c(c1)CCO2)C1CC1. The van der Waals surface area contributed by atoms with E-state index in [0.29, 0.717) is 18.5 Å². The highest BCUT2D eigenvalue weighted by atomic mass is 16.5. The van der Waals surface area contributed by atoms with Crippen LogP contribution in [0.1, 0.15) is 42.6 Å². The van der Waals surface area contributed by atoms with Crippen molar-refractivity contribution in [1.82, 2.24) is 4.90 Å². The number of nitrogens with zero attached hydrogens (tertiary/aromatic N) is 1. The van der Waals surface area contributed by atoms with Crippen LogP contribution in [0.5, 0.6) is 5.75 Å². The van der Waals surface area contributed by atoms with Crippen molar-refractivity contribution in [3.05, 3.63) is 29.3 Å². The van der Waals surface area contributed by atoms with E-state index in [2.05, 4.69) is 18.7 Å². The van der Waals surface area contributed by atoms with Crippen LogP contribution < -0.4 is 4.74 Å². The van der Waals surface area contributed by atoms with E-state index in [4.69, 9.17) is 4.74 Å². The number of carbonyl (C=O) groups excluding carboxylic acids is 1. The molecule has 0 saturated heterocycles. The Labute approximate surface area is 120 Å². The number of benzene rings is 1. The molecule has 1 aliphatic carbocycles. The van der Waals surface area contributed by atoms with E-state index in [-0.39, 0.29) is 5.78 Å². The summed E-state index contributed by atoms with van der Waals surface area (Å²) in [6.07, 6.45) is 3.42. The minimum absolute atomic E-state index is 0.243. The van der Waals surface area contributed by atoms with Gasteiger partial charge in [-0.05, 0) is 42.5 Å². The van der Waals surface area contributed by atoms with Gasteiger partial charge in [-0.25, -0.2) is 0 Å². The number of ether oxygens (including phenoxy) is 1. The minimum atomic E-state index is 0.243. The molecule has 0 radical (unpaired) electrons. The summed E-state index contributed by atoms with van der Waals surface area (Å²) in [5.41, 5.74) is 2.02. The van der Waals surface area contributed by atoms with Crippen LogP contribution in [0.4, 0.5) is 0 Å². The molecule has 1 aliphatic heterocycles. The van der Waals surface area contributed by atoms with E-state index in [9.17, 15) is 4.79 Å². The molecule has 20 heavy (non-hydrogen) atoms. The first-order valence-electron chi connectivity index (χ1n) is 7.66. The van der Waals surface area contributed by atoms with E-state index < -0.39 is 0 Å². The molecular weight excluding hydrogens is 250 g/mol. The zero-order valence-corrected chi connectivity index (χ0v) is 12.4. The molecule has 2 aliphatic rings. The smallest absolute Gasteiger partial charge is 0.176 e. The van der Waals surface area contributed by atoms with Crippen molar-refractivity contribution in [2.24, 2.45) is 5.92 Å². The van der Waals surface area contributed by atoms with Crippen molar-refractivity contribution in [3.63, 3.8) is 0 Å². The molecule has 3 heteroatoms. The lowest BCUT2D eigenvalue weighted by atomic mass is 10.0.